The number of amides is 1. The third kappa shape index (κ3) is 3.45. The number of nitrogens with one attached hydrogen (secondary N) is 1. The highest BCUT2D eigenvalue weighted by Crippen LogP contribution is 2.36. The van der Waals surface area contributed by atoms with Crippen LogP contribution in [0.4, 0.5) is 10.2 Å². The zero-order chi connectivity index (χ0) is 20.6. The zero-order valence-corrected chi connectivity index (χ0v) is 16.7. The number of rotatable bonds is 5. The Labute approximate surface area is 162 Å². The Balaban J connectivity index is 2.33. The quantitative estimate of drug-likeness (QED) is 0.705. The number of benzene rings is 1. The van der Waals surface area contributed by atoms with Crippen LogP contribution < -0.4 is 9.62 Å². The van der Waals surface area contributed by atoms with E-state index in [0.717, 1.165) is 10.6 Å². The van der Waals surface area contributed by atoms with Gasteiger partial charge in [-0.2, -0.15) is 4.98 Å². The summed E-state index contributed by atoms with van der Waals surface area (Å²) in [5, 5.41) is 3.03. The molecule has 0 saturated carbocycles. The fourth-order valence-electron chi connectivity index (χ4n) is 2.90. The molecule has 9 heteroatoms. The van der Waals surface area contributed by atoms with Crippen molar-refractivity contribution >= 4 is 32.8 Å². The Morgan fingerprint density at radius 1 is 1.29 bits per heavy atom. The maximum absolute atomic E-state index is 13.3. The smallest absolute Gasteiger partial charge is 0.255 e. The van der Waals surface area contributed by atoms with Crippen molar-refractivity contribution in [2.75, 3.05) is 24.7 Å². The molecule has 0 bridgehead atoms. The van der Waals surface area contributed by atoms with Crippen molar-refractivity contribution in [1.82, 2.24) is 10.3 Å². The van der Waals surface area contributed by atoms with E-state index in [1.165, 1.54) is 38.4 Å². The highest BCUT2D eigenvalue weighted by Gasteiger charge is 2.26. The Morgan fingerprint density at radius 3 is 2.46 bits per heavy atom. The lowest BCUT2D eigenvalue weighted by Crippen LogP contribution is -2.27. The van der Waals surface area contributed by atoms with E-state index < -0.39 is 15.8 Å². The molecule has 0 saturated heterocycles. The molecule has 0 unspecified atom stereocenters. The van der Waals surface area contributed by atoms with Gasteiger partial charge in [-0.05, 0) is 42.3 Å². The van der Waals surface area contributed by atoms with E-state index in [0.29, 0.717) is 22.9 Å². The average molecular weight is 405 g/mol. The highest BCUT2D eigenvalue weighted by atomic mass is 32.2. The number of carbonyl (C=O) groups excluding carboxylic acids is 1. The second-order valence-corrected chi connectivity index (χ2v) is 8.31. The van der Waals surface area contributed by atoms with Crippen molar-refractivity contribution in [3.63, 3.8) is 0 Å². The molecule has 3 rings (SSSR count). The molecule has 3 aromatic rings. The number of hydrogen-bond donors (Lipinski definition) is 1. The van der Waals surface area contributed by atoms with Gasteiger partial charge < -0.3 is 9.73 Å². The number of furan rings is 1. The molecule has 2 aromatic heterocycles. The molecule has 148 valence electrons. The first-order valence-corrected chi connectivity index (χ1v) is 10.4. The van der Waals surface area contributed by atoms with E-state index in [1.807, 2.05) is 6.92 Å². The van der Waals surface area contributed by atoms with Crippen LogP contribution in [0.5, 0.6) is 0 Å². The maximum Gasteiger partial charge on any atom is 0.255 e. The van der Waals surface area contributed by atoms with Crippen molar-refractivity contribution in [2.24, 2.45) is 0 Å². The van der Waals surface area contributed by atoms with Gasteiger partial charge in [-0.1, -0.05) is 6.92 Å². The summed E-state index contributed by atoms with van der Waals surface area (Å²) in [5.74, 6) is -0.320. The number of halogens is 1. The second kappa shape index (κ2) is 7.23. The van der Waals surface area contributed by atoms with E-state index in [-0.39, 0.29) is 28.8 Å². The van der Waals surface area contributed by atoms with Crippen molar-refractivity contribution in [1.29, 1.82) is 0 Å². The molecule has 7 nitrogen and oxygen atoms in total. The van der Waals surface area contributed by atoms with Gasteiger partial charge in [0, 0.05) is 19.7 Å². The molecule has 1 amide bonds. The monoisotopic (exact) mass is 405 g/mol. The van der Waals surface area contributed by atoms with Gasteiger partial charge >= 0.3 is 0 Å². The van der Waals surface area contributed by atoms with Crippen LogP contribution in [-0.2, 0) is 16.4 Å². The van der Waals surface area contributed by atoms with E-state index in [2.05, 4.69) is 10.3 Å². The number of aryl methyl sites for hydroxylation is 1. The maximum atomic E-state index is 13.3. The van der Waals surface area contributed by atoms with Crippen LogP contribution in [-0.4, -0.2) is 39.7 Å². The Hall–Kier alpha value is -2.94. The fourth-order valence-corrected chi connectivity index (χ4v) is 3.37. The first kappa shape index (κ1) is 19.8. The lowest BCUT2D eigenvalue weighted by molar-refractivity contribution is 0.0964. The van der Waals surface area contributed by atoms with Crippen LogP contribution in [0.1, 0.15) is 22.8 Å². The SMILES string of the molecule is CCc1cc2c(C(=O)NC)c(-c3ccc(F)cc3)oc2nc1N(C)S(C)(=O)=O. The minimum Gasteiger partial charge on any atom is -0.437 e. The van der Waals surface area contributed by atoms with E-state index in [4.69, 9.17) is 4.42 Å². The molecular weight excluding hydrogens is 385 g/mol. The molecule has 1 aromatic carbocycles. The van der Waals surface area contributed by atoms with Crippen LogP contribution in [0, 0.1) is 5.82 Å². The molecule has 0 spiro atoms. The standard InChI is InChI=1S/C19H20FN3O4S/c1-5-11-10-14-15(18(24)21-2)16(12-6-8-13(20)9-7-12)27-19(14)22-17(11)23(3)28(4,25)26/h6-10H,5H2,1-4H3,(H,21,24). The summed E-state index contributed by atoms with van der Waals surface area (Å²) in [6.45, 7) is 1.86. The molecular formula is C19H20FN3O4S. The first-order valence-electron chi connectivity index (χ1n) is 8.55. The number of carbonyl (C=O) groups is 1. The Kier molecular flexibility index (Phi) is 5.12. The normalized spacial score (nSPS) is 11.6. The third-order valence-electron chi connectivity index (χ3n) is 4.48. The van der Waals surface area contributed by atoms with Crippen LogP contribution >= 0.6 is 0 Å². The second-order valence-electron chi connectivity index (χ2n) is 6.30. The Morgan fingerprint density at radius 2 is 1.93 bits per heavy atom. The molecule has 0 fully saturated rings. The van der Waals surface area contributed by atoms with Crippen molar-refractivity contribution < 1.29 is 22.0 Å². The van der Waals surface area contributed by atoms with Gasteiger partial charge in [0.05, 0.1) is 17.2 Å². The summed E-state index contributed by atoms with van der Waals surface area (Å²) in [4.78, 5) is 16.9. The Bertz CT molecular complexity index is 1150. The van der Waals surface area contributed by atoms with Crippen molar-refractivity contribution in [3.8, 4) is 11.3 Å². The summed E-state index contributed by atoms with van der Waals surface area (Å²) >= 11 is 0. The number of anilines is 1. The van der Waals surface area contributed by atoms with Crippen molar-refractivity contribution in [3.05, 3.63) is 47.3 Å². The lowest BCUT2D eigenvalue weighted by Gasteiger charge is -2.18. The summed E-state index contributed by atoms with van der Waals surface area (Å²) in [7, 11) is -0.626. The summed E-state index contributed by atoms with van der Waals surface area (Å²) in [5.41, 5.74) is 1.55. The summed E-state index contributed by atoms with van der Waals surface area (Å²) < 4.78 is 44.2. The molecule has 28 heavy (non-hydrogen) atoms. The highest BCUT2D eigenvalue weighted by molar-refractivity contribution is 7.92. The van der Waals surface area contributed by atoms with Gasteiger partial charge in [0.2, 0.25) is 15.7 Å². The van der Waals surface area contributed by atoms with Gasteiger partial charge in [-0.3, -0.25) is 9.10 Å². The number of aromatic nitrogens is 1. The molecule has 0 radical (unpaired) electrons. The van der Waals surface area contributed by atoms with E-state index in [1.54, 1.807) is 6.07 Å². The fraction of sp³-hybridized carbons (Fsp3) is 0.263. The minimum absolute atomic E-state index is 0.126. The van der Waals surface area contributed by atoms with E-state index in [9.17, 15) is 17.6 Å². The molecule has 2 heterocycles. The van der Waals surface area contributed by atoms with Gasteiger partial charge in [-0.15, -0.1) is 0 Å². The number of sulfonamides is 1. The third-order valence-corrected chi connectivity index (χ3v) is 5.64. The number of fused-ring (bicyclic) bond motifs is 1. The topological polar surface area (TPSA) is 92.5 Å². The number of hydrogen-bond acceptors (Lipinski definition) is 5. The predicted octanol–water partition coefficient (Wildman–Crippen LogP) is 2.95. The molecule has 0 atom stereocenters. The predicted molar refractivity (Wildman–Crippen MR) is 105 cm³/mol. The van der Waals surface area contributed by atoms with Crippen molar-refractivity contribution in [2.45, 2.75) is 13.3 Å². The number of pyridine rings is 1. The zero-order valence-electron chi connectivity index (χ0n) is 15.9. The van der Waals surface area contributed by atoms with Gasteiger partial charge in [-0.25, -0.2) is 12.8 Å². The molecule has 0 aliphatic rings. The molecule has 0 aliphatic carbocycles. The van der Waals surface area contributed by atoms with Crippen LogP contribution in [0.2, 0.25) is 0 Å². The largest absolute Gasteiger partial charge is 0.437 e. The van der Waals surface area contributed by atoms with Gasteiger partial charge in [0.1, 0.15) is 17.4 Å². The first-order chi connectivity index (χ1) is 13.2. The lowest BCUT2D eigenvalue weighted by atomic mass is 10.0. The molecule has 0 aliphatic heterocycles. The molecule has 1 N–H and O–H groups in total. The average Bonchev–Trinajstić information content (AvgIpc) is 3.03. The summed E-state index contributed by atoms with van der Waals surface area (Å²) in [6.07, 6.45) is 1.59. The van der Waals surface area contributed by atoms with E-state index >= 15 is 0 Å². The number of nitrogens with zero attached hydrogens (tertiary/aromatic N) is 2. The summed E-state index contributed by atoms with van der Waals surface area (Å²) in [6, 6.07) is 7.25. The van der Waals surface area contributed by atoms with Gasteiger partial charge in [0.25, 0.3) is 5.91 Å². The van der Waals surface area contributed by atoms with Gasteiger partial charge in [0.15, 0.2) is 0 Å². The van der Waals surface area contributed by atoms with Crippen LogP contribution in [0.15, 0.2) is 34.7 Å². The van der Waals surface area contributed by atoms with Crippen LogP contribution in [0.3, 0.4) is 0 Å². The van der Waals surface area contributed by atoms with Crippen LogP contribution in [0.25, 0.3) is 22.4 Å². The minimum atomic E-state index is -3.53.